The maximum atomic E-state index is 12.8. The van der Waals surface area contributed by atoms with Gasteiger partial charge >= 0.3 is 6.18 Å². The Kier molecular flexibility index (Phi) is 6.30. The van der Waals surface area contributed by atoms with E-state index in [0.717, 1.165) is 6.07 Å². The number of aromatic nitrogens is 3. The van der Waals surface area contributed by atoms with Gasteiger partial charge in [-0.05, 0) is 30.2 Å². The third kappa shape index (κ3) is 4.85. The molecule has 0 fully saturated rings. The van der Waals surface area contributed by atoms with Crippen molar-refractivity contribution < 1.29 is 22.8 Å². The summed E-state index contributed by atoms with van der Waals surface area (Å²) >= 11 is 5.96. The lowest BCUT2D eigenvalue weighted by Crippen LogP contribution is -2.42. The van der Waals surface area contributed by atoms with E-state index in [1.54, 1.807) is 26.0 Å². The van der Waals surface area contributed by atoms with Gasteiger partial charge in [-0.2, -0.15) is 18.3 Å². The molecule has 2 aromatic heterocycles. The SMILES string of the molecule is CC(C)c1c(C(=O)NNC(=O)c2ccccc2Cl)cnn1-c1ccc(C(F)(F)F)cn1. The molecule has 2 N–H and O–H groups in total. The van der Waals surface area contributed by atoms with Gasteiger partial charge in [0.1, 0.15) is 0 Å². The standard InChI is InChI=1S/C20H17ClF3N5O2/c1-11(2)17-14(19(31)28-27-18(30)13-5-3-4-6-15(13)21)10-26-29(17)16-8-7-12(9-25-16)20(22,23)24/h3-11H,1-2H3,(H,27,30)(H,28,31). The molecule has 11 heteroatoms. The van der Waals surface area contributed by atoms with Crippen LogP contribution in [-0.2, 0) is 6.18 Å². The highest BCUT2D eigenvalue weighted by molar-refractivity contribution is 6.33. The second-order valence-electron chi connectivity index (χ2n) is 6.80. The van der Waals surface area contributed by atoms with Gasteiger partial charge in [-0.1, -0.05) is 37.6 Å². The average Bonchev–Trinajstić information content (AvgIpc) is 3.17. The largest absolute Gasteiger partial charge is 0.417 e. The summed E-state index contributed by atoms with van der Waals surface area (Å²) in [5, 5.41) is 4.32. The molecule has 0 aliphatic carbocycles. The number of carbonyl (C=O) groups excluding carboxylic acids is 2. The van der Waals surface area contributed by atoms with Gasteiger partial charge in [0.2, 0.25) is 0 Å². The number of alkyl halides is 3. The van der Waals surface area contributed by atoms with Gasteiger partial charge in [-0.25, -0.2) is 9.67 Å². The molecule has 0 saturated heterocycles. The van der Waals surface area contributed by atoms with Crippen molar-refractivity contribution in [1.29, 1.82) is 0 Å². The van der Waals surface area contributed by atoms with Gasteiger partial charge in [0.25, 0.3) is 11.8 Å². The highest BCUT2D eigenvalue weighted by Gasteiger charge is 2.31. The average molecular weight is 452 g/mol. The van der Waals surface area contributed by atoms with Crippen molar-refractivity contribution in [3.8, 4) is 5.82 Å². The number of hydrogen-bond donors (Lipinski definition) is 2. The Balaban J connectivity index is 1.82. The van der Waals surface area contributed by atoms with Gasteiger partial charge in [-0.15, -0.1) is 0 Å². The van der Waals surface area contributed by atoms with E-state index in [9.17, 15) is 22.8 Å². The Labute approximate surface area is 180 Å². The van der Waals surface area contributed by atoms with E-state index in [1.807, 2.05) is 0 Å². The number of benzene rings is 1. The van der Waals surface area contributed by atoms with E-state index in [2.05, 4.69) is 20.9 Å². The summed E-state index contributed by atoms with van der Waals surface area (Å²) < 4.78 is 39.6. The quantitative estimate of drug-likeness (QED) is 0.583. The predicted octanol–water partition coefficient (Wildman–Crippen LogP) is 4.14. The first-order valence-electron chi connectivity index (χ1n) is 9.06. The number of carbonyl (C=O) groups is 2. The predicted molar refractivity (Wildman–Crippen MR) is 107 cm³/mol. The number of rotatable bonds is 4. The molecule has 3 rings (SSSR count). The van der Waals surface area contributed by atoms with Crippen LogP contribution >= 0.6 is 11.6 Å². The van der Waals surface area contributed by atoms with Crippen molar-refractivity contribution >= 4 is 23.4 Å². The molecule has 0 bridgehead atoms. The summed E-state index contributed by atoms with van der Waals surface area (Å²) in [6, 6.07) is 8.38. The zero-order valence-corrected chi connectivity index (χ0v) is 17.1. The van der Waals surface area contributed by atoms with Crippen LogP contribution in [0.4, 0.5) is 13.2 Å². The lowest BCUT2D eigenvalue weighted by atomic mass is 10.1. The molecule has 0 unspecified atom stereocenters. The second-order valence-corrected chi connectivity index (χ2v) is 7.21. The Morgan fingerprint density at radius 1 is 1.00 bits per heavy atom. The minimum atomic E-state index is -4.51. The third-order valence-corrected chi connectivity index (χ3v) is 4.63. The van der Waals surface area contributed by atoms with Gasteiger partial charge in [0.15, 0.2) is 5.82 Å². The van der Waals surface area contributed by atoms with Crippen LogP contribution in [0.25, 0.3) is 5.82 Å². The van der Waals surface area contributed by atoms with Crippen LogP contribution in [-0.4, -0.2) is 26.6 Å². The summed E-state index contributed by atoms with van der Waals surface area (Å²) in [6.45, 7) is 3.58. The molecule has 2 amide bonds. The Hall–Kier alpha value is -3.40. The maximum absolute atomic E-state index is 12.8. The highest BCUT2D eigenvalue weighted by Crippen LogP contribution is 2.29. The van der Waals surface area contributed by atoms with E-state index in [0.29, 0.717) is 11.9 Å². The first-order chi connectivity index (χ1) is 14.6. The van der Waals surface area contributed by atoms with Crippen molar-refractivity contribution in [2.24, 2.45) is 0 Å². The van der Waals surface area contributed by atoms with Crippen molar-refractivity contribution in [1.82, 2.24) is 25.6 Å². The molecule has 0 aliphatic heterocycles. The number of nitrogens with zero attached hydrogens (tertiary/aromatic N) is 3. The van der Waals surface area contributed by atoms with Crippen molar-refractivity contribution in [2.75, 3.05) is 0 Å². The molecule has 31 heavy (non-hydrogen) atoms. The molecular weight excluding hydrogens is 435 g/mol. The van der Waals surface area contributed by atoms with E-state index in [1.165, 1.54) is 29.1 Å². The van der Waals surface area contributed by atoms with Crippen LogP contribution in [0.2, 0.25) is 5.02 Å². The fourth-order valence-electron chi connectivity index (χ4n) is 2.84. The Bertz CT molecular complexity index is 1110. The lowest BCUT2D eigenvalue weighted by Gasteiger charge is -2.13. The van der Waals surface area contributed by atoms with Gasteiger partial charge < -0.3 is 0 Å². The van der Waals surface area contributed by atoms with Crippen LogP contribution in [0.1, 0.15) is 51.7 Å². The number of nitrogens with one attached hydrogen (secondary N) is 2. The smallest absolute Gasteiger partial charge is 0.267 e. The molecule has 2 heterocycles. The summed E-state index contributed by atoms with van der Waals surface area (Å²) in [7, 11) is 0. The zero-order chi connectivity index (χ0) is 22.8. The van der Waals surface area contributed by atoms with E-state index in [4.69, 9.17) is 11.6 Å². The van der Waals surface area contributed by atoms with Crippen LogP contribution in [0, 0.1) is 0 Å². The van der Waals surface area contributed by atoms with Gasteiger partial charge in [0, 0.05) is 6.20 Å². The monoisotopic (exact) mass is 451 g/mol. The minimum Gasteiger partial charge on any atom is -0.267 e. The lowest BCUT2D eigenvalue weighted by molar-refractivity contribution is -0.137. The number of amides is 2. The van der Waals surface area contributed by atoms with Gasteiger partial charge in [-0.3, -0.25) is 20.4 Å². The second kappa shape index (κ2) is 8.76. The normalized spacial score (nSPS) is 11.5. The summed E-state index contributed by atoms with van der Waals surface area (Å²) in [5.41, 5.74) is 4.40. The first kappa shape index (κ1) is 22.3. The molecular formula is C20H17ClF3N5O2. The van der Waals surface area contributed by atoms with E-state index >= 15 is 0 Å². The summed E-state index contributed by atoms with van der Waals surface area (Å²) in [5.74, 6) is -1.37. The number of halogens is 4. The highest BCUT2D eigenvalue weighted by atomic mass is 35.5. The molecule has 0 radical (unpaired) electrons. The molecule has 162 valence electrons. The molecule has 3 aromatic rings. The number of hydrazine groups is 1. The summed E-state index contributed by atoms with van der Waals surface area (Å²) in [4.78, 5) is 28.7. The fraction of sp³-hybridized carbons (Fsp3) is 0.200. The Morgan fingerprint density at radius 2 is 1.65 bits per heavy atom. The summed E-state index contributed by atoms with van der Waals surface area (Å²) in [6.07, 6.45) is -2.56. The first-order valence-corrected chi connectivity index (χ1v) is 9.44. The maximum Gasteiger partial charge on any atom is 0.417 e. The topological polar surface area (TPSA) is 88.9 Å². The third-order valence-electron chi connectivity index (χ3n) is 4.30. The zero-order valence-electron chi connectivity index (χ0n) is 16.4. The van der Waals surface area contributed by atoms with Crippen LogP contribution < -0.4 is 10.9 Å². The van der Waals surface area contributed by atoms with Crippen molar-refractivity contribution in [2.45, 2.75) is 25.9 Å². The molecule has 0 aliphatic rings. The number of pyridine rings is 1. The van der Waals surface area contributed by atoms with Crippen LogP contribution in [0.5, 0.6) is 0 Å². The fourth-order valence-corrected chi connectivity index (χ4v) is 3.07. The molecule has 0 atom stereocenters. The molecule has 1 aromatic carbocycles. The molecule has 0 spiro atoms. The Morgan fingerprint density at radius 3 is 2.19 bits per heavy atom. The van der Waals surface area contributed by atoms with Crippen LogP contribution in [0.15, 0.2) is 48.8 Å². The minimum absolute atomic E-state index is 0.121. The van der Waals surface area contributed by atoms with Crippen LogP contribution in [0.3, 0.4) is 0 Å². The van der Waals surface area contributed by atoms with Crippen molar-refractivity contribution in [3.05, 3.63) is 76.2 Å². The van der Waals surface area contributed by atoms with Gasteiger partial charge in [0.05, 0.1) is 33.6 Å². The van der Waals surface area contributed by atoms with E-state index in [-0.39, 0.29) is 27.9 Å². The molecule has 0 saturated carbocycles. The van der Waals surface area contributed by atoms with E-state index < -0.39 is 23.6 Å². The van der Waals surface area contributed by atoms with Crippen molar-refractivity contribution in [3.63, 3.8) is 0 Å². The number of hydrogen-bond acceptors (Lipinski definition) is 4. The molecule has 7 nitrogen and oxygen atoms in total.